The number of halogens is 1. The zero-order valence-electron chi connectivity index (χ0n) is 18.1. The van der Waals surface area contributed by atoms with E-state index in [1.54, 1.807) is 0 Å². The first-order valence-electron chi connectivity index (χ1n) is 10.6. The van der Waals surface area contributed by atoms with E-state index in [1.165, 1.54) is 27.3 Å². The van der Waals surface area contributed by atoms with Crippen LogP contribution in [0, 0.1) is 13.8 Å². The maximum absolute atomic E-state index is 6.16. The fourth-order valence-corrected chi connectivity index (χ4v) is 4.49. The Hall–Kier alpha value is -2.44. The van der Waals surface area contributed by atoms with Crippen LogP contribution in [-0.2, 0) is 0 Å². The van der Waals surface area contributed by atoms with Crippen LogP contribution in [0.1, 0.15) is 48.4 Å². The number of piperazine rings is 1. The molecule has 0 amide bonds. The van der Waals surface area contributed by atoms with E-state index in [9.17, 15) is 0 Å². The second-order valence-electron chi connectivity index (χ2n) is 8.50. The molecule has 1 aliphatic rings. The fraction of sp³-hybridized carbons (Fsp3) is 0.435. The van der Waals surface area contributed by atoms with E-state index < -0.39 is 0 Å². The first kappa shape index (κ1) is 20.8. The Morgan fingerprint density at radius 1 is 1.00 bits per heavy atom. The molecule has 1 aliphatic heterocycles. The third-order valence-electron chi connectivity index (χ3n) is 5.99. The number of benzene rings is 2. The third-order valence-corrected chi connectivity index (χ3v) is 6.24. The van der Waals surface area contributed by atoms with Gasteiger partial charge in [-0.15, -0.1) is 5.10 Å². The molecular formula is C23H30ClN6+. The number of tetrazole rings is 1. The highest BCUT2D eigenvalue weighted by Crippen LogP contribution is 2.24. The van der Waals surface area contributed by atoms with Crippen molar-refractivity contribution < 1.29 is 4.90 Å². The minimum absolute atomic E-state index is 0.0837. The number of rotatable bonds is 5. The van der Waals surface area contributed by atoms with Crippen LogP contribution >= 0.6 is 11.6 Å². The Kier molecular flexibility index (Phi) is 6.06. The molecule has 0 radical (unpaired) electrons. The highest BCUT2D eigenvalue weighted by molar-refractivity contribution is 6.30. The first-order chi connectivity index (χ1) is 14.4. The summed E-state index contributed by atoms with van der Waals surface area (Å²) < 4.78 is 1.95. The van der Waals surface area contributed by atoms with Gasteiger partial charge in [0.25, 0.3) is 0 Å². The van der Waals surface area contributed by atoms with E-state index in [4.69, 9.17) is 11.6 Å². The van der Waals surface area contributed by atoms with Crippen LogP contribution in [0.5, 0.6) is 0 Å². The highest BCUT2D eigenvalue weighted by atomic mass is 35.5. The summed E-state index contributed by atoms with van der Waals surface area (Å²) in [5.74, 6) is 0.919. The van der Waals surface area contributed by atoms with E-state index in [0.717, 1.165) is 37.0 Å². The summed E-state index contributed by atoms with van der Waals surface area (Å²) in [5, 5.41) is 13.5. The summed E-state index contributed by atoms with van der Waals surface area (Å²) in [6.07, 6.45) is 0. The standard InChI is InChI=1S/C23H29ClN6/c1-16(2)30-23(25-26-27-30)22(19-7-9-20(24)10-8-19)29-13-11-28(12-14-29)21-15-17(3)5-6-18(21)4/h5-10,15-16,22H,11-14H2,1-4H3/p+1/t22-/m0/s1. The van der Waals surface area contributed by atoms with Crippen LogP contribution in [0.2, 0.25) is 5.02 Å². The van der Waals surface area contributed by atoms with Gasteiger partial charge in [0.15, 0.2) is 6.04 Å². The van der Waals surface area contributed by atoms with Gasteiger partial charge in [0.1, 0.15) is 0 Å². The Morgan fingerprint density at radius 3 is 2.37 bits per heavy atom. The van der Waals surface area contributed by atoms with Crippen molar-refractivity contribution in [1.29, 1.82) is 0 Å². The largest absolute Gasteiger partial charge is 0.360 e. The van der Waals surface area contributed by atoms with Crippen LogP contribution in [0.4, 0.5) is 5.69 Å². The van der Waals surface area contributed by atoms with Crippen molar-refractivity contribution in [2.24, 2.45) is 0 Å². The maximum atomic E-state index is 6.16. The normalized spacial score (nSPS) is 16.3. The van der Waals surface area contributed by atoms with Crippen molar-refractivity contribution in [3.63, 3.8) is 0 Å². The lowest BCUT2D eigenvalue weighted by Gasteiger charge is -2.38. The smallest absolute Gasteiger partial charge is 0.214 e. The summed E-state index contributed by atoms with van der Waals surface area (Å²) in [7, 11) is 0. The quantitative estimate of drug-likeness (QED) is 0.682. The van der Waals surface area contributed by atoms with Crippen molar-refractivity contribution in [2.45, 2.75) is 39.8 Å². The first-order valence-corrected chi connectivity index (χ1v) is 11.0. The number of aryl methyl sites for hydroxylation is 2. The molecule has 1 saturated heterocycles. The molecule has 1 fully saturated rings. The Morgan fingerprint density at radius 2 is 1.70 bits per heavy atom. The molecule has 1 N–H and O–H groups in total. The summed E-state index contributed by atoms with van der Waals surface area (Å²) in [5.41, 5.74) is 5.19. The number of hydrogen-bond acceptors (Lipinski definition) is 4. The molecule has 0 saturated carbocycles. The molecule has 0 spiro atoms. The van der Waals surface area contributed by atoms with Crippen LogP contribution in [-0.4, -0.2) is 46.4 Å². The number of anilines is 1. The second-order valence-corrected chi connectivity index (χ2v) is 8.93. The van der Waals surface area contributed by atoms with E-state index in [-0.39, 0.29) is 12.1 Å². The van der Waals surface area contributed by atoms with Gasteiger partial charge < -0.3 is 9.80 Å². The van der Waals surface area contributed by atoms with Crippen molar-refractivity contribution >= 4 is 17.3 Å². The summed E-state index contributed by atoms with van der Waals surface area (Å²) in [6.45, 7) is 12.6. The molecular weight excluding hydrogens is 396 g/mol. The lowest BCUT2D eigenvalue weighted by Crippen LogP contribution is -3.15. The molecule has 30 heavy (non-hydrogen) atoms. The van der Waals surface area contributed by atoms with Gasteiger partial charge in [0.2, 0.25) is 5.82 Å². The monoisotopic (exact) mass is 425 g/mol. The molecule has 0 aliphatic carbocycles. The van der Waals surface area contributed by atoms with E-state index >= 15 is 0 Å². The number of nitrogens with one attached hydrogen (secondary N) is 1. The average Bonchev–Trinajstić information content (AvgIpc) is 3.22. The van der Waals surface area contributed by atoms with Crippen LogP contribution in [0.25, 0.3) is 0 Å². The van der Waals surface area contributed by atoms with Gasteiger partial charge >= 0.3 is 0 Å². The topological polar surface area (TPSA) is 51.3 Å². The number of quaternary nitrogens is 1. The number of nitrogens with zero attached hydrogens (tertiary/aromatic N) is 5. The molecule has 7 heteroatoms. The molecule has 3 aromatic rings. The number of aromatic nitrogens is 4. The van der Waals surface area contributed by atoms with E-state index in [1.807, 2.05) is 16.8 Å². The Labute approximate surface area is 183 Å². The van der Waals surface area contributed by atoms with Gasteiger partial charge in [-0.05, 0) is 67.4 Å². The van der Waals surface area contributed by atoms with Gasteiger partial charge in [-0.25, -0.2) is 4.68 Å². The average molecular weight is 426 g/mol. The van der Waals surface area contributed by atoms with E-state index in [0.29, 0.717) is 0 Å². The molecule has 1 atom stereocenters. The molecule has 1 aromatic heterocycles. The minimum atomic E-state index is 0.0837. The second kappa shape index (κ2) is 8.74. The van der Waals surface area contributed by atoms with Crippen LogP contribution in [0.3, 0.4) is 0 Å². The molecule has 2 aromatic carbocycles. The van der Waals surface area contributed by atoms with Gasteiger partial charge in [-0.2, -0.15) is 0 Å². The lowest BCUT2D eigenvalue weighted by atomic mass is 10.0. The molecule has 6 nitrogen and oxygen atoms in total. The fourth-order valence-electron chi connectivity index (χ4n) is 4.36. The summed E-state index contributed by atoms with van der Waals surface area (Å²) in [4.78, 5) is 3.99. The highest BCUT2D eigenvalue weighted by Gasteiger charge is 2.34. The zero-order valence-corrected chi connectivity index (χ0v) is 18.9. The zero-order chi connectivity index (χ0) is 21.3. The molecule has 4 rings (SSSR count). The number of hydrogen-bond donors (Lipinski definition) is 1. The third kappa shape index (κ3) is 4.20. The van der Waals surface area contributed by atoms with Gasteiger partial charge in [0, 0.05) is 16.3 Å². The summed E-state index contributed by atoms with van der Waals surface area (Å²) >= 11 is 6.16. The molecule has 0 bridgehead atoms. The Balaban J connectivity index is 1.62. The van der Waals surface area contributed by atoms with Crippen molar-refractivity contribution in [3.05, 3.63) is 70.0 Å². The summed E-state index contributed by atoms with van der Waals surface area (Å²) in [6, 6.07) is 15.1. The van der Waals surface area contributed by atoms with Crippen molar-refractivity contribution in [3.8, 4) is 0 Å². The Bertz CT molecular complexity index is 989. The minimum Gasteiger partial charge on any atom is -0.360 e. The predicted molar refractivity (Wildman–Crippen MR) is 120 cm³/mol. The molecule has 2 heterocycles. The molecule has 158 valence electrons. The molecule has 0 unspecified atom stereocenters. The van der Waals surface area contributed by atoms with Gasteiger partial charge in [-0.3, -0.25) is 0 Å². The van der Waals surface area contributed by atoms with Crippen molar-refractivity contribution in [2.75, 3.05) is 31.1 Å². The van der Waals surface area contributed by atoms with Crippen LogP contribution < -0.4 is 9.80 Å². The van der Waals surface area contributed by atoms with Gasteiger partial charge in [-0.1, -0.05) is 35.9 Å². The van der Waals surface area contributed by atoms with Crippen LogP contribution in [0.15, 0.2) is 42.5 Å². The maximum Gasteiger partial charge on any atom is 0.214 e. The predicted octanol–water partition coefficient (Wildman–Crippen LogP) is 3.02. The van der Waals surface area contributed by atoms with Gasteiger partial charge in [0.05, 0.1) is 32.2 Å². The van der Waals surface area contributed by atoms with E-state index in [2.05, 4.69) is 78.5 Å². The lowest BCUT2D eigenvalue weighted by molar-refractivity contribution is -0.927. The SMILES string of the molecule is Cc1ccc(C)c(N2CC[NH+]([C@@H](c3ccc(Cl)cc3)c3nnnn3C(C)C)CC2)c1. The van der Waals surface area contributed by atoms with Crippen molar-refractivity contribution in [1.82, 2.24) is 20.2 Å².